The molecule has 0 saturated heterocycles. The smallest absolute Gasteiger partial charge is 0.303 e. The molecule has 0 aliphatic heterocycles. The van der Waals surface area contributed by atoms with Crippen molar-refractivity contribution in [1.82, 2.24) is 0 Å². The highest BCUT2D eigenvalue weighted by molar-refractivity contribution is 7.85. The average Bonchev–Trinajstić information content (AvgIpc) is 2.58. The highest BCUT2D eigenvalue weighted by Gasteiger charge is 2.14. The van der Waals surface area contributed by atoms with E-state index < -0.39 is 16.1 Å². The maximum atomic E-state index is 11.2. The molecule has 0 bridgehead atoms. The van der Waals surface area contributed by atoms with Crippen LogP contribution in [0.1, 0.15) is 89.0 Å². The average molecular weight is 385 g/mol. The summed E-state index contributed by atoms with van der Waals surface area (Å²) in [6.45, 7) is 2.17. The van der Waals surface area contributed by atoms with Crippen LogP contribution in [0.5, 0.6) is 0 Å². The third kappa shape index (κ3) is 9.34. The molecule has 0 saturated carbocycles. The summed E-state index contributed by atoms with van der Waals surface area (Å²) in [5.41, 5.74) is 1.12. The molecule has 6 heteroatoms. The lowest BCUT2D eigenvalue weighted by Gasteiger charge is -2.18. The monoisotopic (exact) mass is 384 g/mol. The topological polar surface area (TPSA) is 91.7 Å². The minimum Gasteiger partial charge on any atom is -0.481 e. The second-order valence-corrected chi connectivity index (χ2v) is 8.36. The Labute approximate surface area is 157 Å². The van der Waals surface area contributed by atoms with Crippen molar-refractivity contribution in [2.24, 2.45) is 0 Å². The molecular formula is C20H32O5S. The molecule has 148 valence electrons. The molecule has 1 aromatic rings. The molecular weight excluding hydrogens is 352 g/mol. The largest absolute Gasteiger partial charge is 0.481 e. The number of carboxylic acid groups (broad SMARTS) is 1. The van der Waals surface area contributed by atoms with Crippen LogP contribution in [0.15, 0.2) is 29.2 Å². The highest BCUT2D eigenvalue weighted by atomic mass is 32.2. The second-order valence-electron chi connectivity index (χ2n) is 6.94. The zero-order valence-corrected chi connectivity index (χ0v) is 16.5. The van der Waals surface area contributed by atoms with Crippen LogP contribution in [0.25, 0.3) is 0 Å². The molecule has 0 aliphatic rings. The minimum atomic E-state index is -4.14. The summed E-state index contributed by atoms with van der Waals surface area (Å²) >= 11 is 0. The first-order chi connectivity index (χ1) is 12.3. The minimum absolute atomic E-state index is 0.0630. The van der Waals surface area contributed by atoms with Gasteiger partial charge in [0.05, 0.1) is 4.90 Å². The van der Waals surface area contributed by atoms with Gasteiger partial charge in [0.1, 0.15) is 0 Å². The van der Waals surface area contributed by atoms with Crippen LogP contribution in [0.3, 0.4) is 0 Å². The van der Waals surface area contributed by atoms with E-state index in [9.17, 15) is 13.2 Å². The summed E-state index contributed by atoms with van der Waals surface area (Å²) in [5.74, 6) is -0.328. The summed E-state index contributed by atoms with van der Waals surface area (Å²) in [5, 5.41) is 8.63. The molecule has 1 unspecified atom stereocenters. The van der Waals surface area contributed by atoms with Gasteiger partial charge in [-0.25, -0.2) is 0 Å². The van der Waals surface area contributed by atoms with Gasteiger partial charge in [-0.05, 0) is 42.9 Å². The molecule has 0 radical (unpaired) electrons. The number of carbonyl (C=O) groups is 1. The normalized spacial score (nSPS) is 12.8. The van der Waals surface area contributed by atoms with E-state index in [1.807, 2.05) is 12.1 Å². The van der Waals surface area contributed by atoms with Gasteiger partial charge in [-0.3, -0.25) is 9.35 Å². The zero-order valence-electron chi connectivity index (χ0n) is 15.7. The lowest BCUT2D eigenvalue weighted by Crippen LogP contribution is -2.02. The van der Waals surface area contributed by atoms with Crippen LogP contribution in [0, 0.1) is 0 Å². The van der Waals surface area contributed by atoms with Crippen molar-refractivity contribution in [3.63, 3.8) is 0 Å². The van der Waals surface area contributed by atoms with Crippen LogP contribution in [0.4, 0.5) is 0 Å². The summed E-state index contributed by atoms with van der Waals surface area (Å²) in [6.07, 6.45) is 10.8. The molecule has 0 aromatic heterocycles. The molecule has 1 aromatic carbocycles. The van der Waals surface area contributed by atoms with Crippen molar-refractivity contribution < 1.29 is 22.9 Å². The molecule has 1 atom stereocenters. The van der Waals surface area contributed by atoms with Crippen molar-refractivity contribution in [1.29, 1.82) is 0 Å². The van der Waals surface area contributed by atoms with Gasteiger partial charge < -0.3 is 5.11 Å². The number of aliphatic carboxylic acids is 1. The van der Waals surface area contributed by atoms with Crippen LogP contribution in [-0.4, -0.2) is 24.0 Å². The van der Waals surface area contributed by atoms with E-state index >= 15 is 0 Å². The van der Waals surface area contributed by atoms with Crippen LogP contribution < -0.4 is 0 Å². The molecule has 0 fully saturated rings. The quantitative estimate of drug-likeness (QED) is 0.330. The predicted molar refractivity (Wildman–Crippen MR) is 103 cm³/mol. The fourth-order valence-corrected chi connectivity index (χ4v) is 3.71. The van der Waals surface area contributed by atoms with Crippen molar-refractivity contribution in [2.75, 3.05) is 0 Å². The summed E-state index contributed by atoms with van der Waals surface area (Å²) < 4.78 is 31.5. The van der Waals surface area contributed by atoms with E-state index in [0.29, 0.717) is 5.92 Å². The highest BCUT2D eigenvalue weighted by Crippen LogP contribution is 2.29. The van der Waals surface area contributed by atoms with Gasteiger partial charge in [0, 0.05) is 6.42 Å². The van der Waals surface area contributed by atoms with Gasteiger partial charge in [-0.1, -0.05) is 64.0 Å². The van der Waals surface area contributed by atoms with Gasteiger partial charge in [0.25, 0.3) is 10.1 Å². The van der Waals surface area contributed by atoms with Crippen LogP contribution >= 0.6 is 0 Å². The van der Waals surface area contributed by atoms with E-state index in [-0.39, 0.29) is 11.3 Å². The molecule has 0 spiro atoms. The predicted octanol–water partition coefficient (Wildman–Crippen LogP) is 5.41. The standard InChI is InChI=1S/C20H32O5S/c1-2-3-7-10-17(11-8-5-4-6-9-12-20(21)22)18-13-15-19(16-14-18)26(23,24)25/h13-17H,2-12H2,1H3,(H,21,22)(H,23,24,25). The maximum Gasteiger partial charge on any atom is 0.303 e. The maximum absolute atomic E-state index is 11.2. The Balaban J connectivity index is 2.52. The number of hydrogen-bond donors (Lipinski definition) is 2. The Morgan fingerprint density at radius 2 is 1.46 bits per heavy atom. The third-order valence-electron chi connectivity index (χ3n) is 4.75. The Bertz CT molecular complexity index is 622. The van der Waals surface area contributed by atoms with E-state index in [0.717, 1.165) is 63.4 Å². The number of carboxylic acids is 1. The zero-order chi connectivity index (χ0) is 19.4. The van der Waals surface area contributed by atoms with Gasteiger partial charge in [-0.2, -0.15) is 8.42 Å². The van der Waals surface area contributed by atoms with Gasteiger partial charge in [0.15, 0.2) is 0 Å². The number of unbranched alkanes of at least 4 members (excludes halogenated alkanes) is 6. The Morgan fingerprint density at radius 1 is 0.923 bits per heavy atom. The molecule has 2 N–H and O–H groups in total. The lowest BCUT2D eigenvalue weighted by molar-refractivity contribution is -0.137. The van der Waals surface area contributed by atoms with Crippen molar-refractivity contribution in [3.05, 3.63) is 29.8 Å². The SMILES string of the molecule is CCCCCC(CCCCCCCC(=O)O)c1ccc(S(=O)(=O)O)cc1. The molecule has 0 heterocycles. The first kappa shape index (κ1) is 22.6. The fraction of sp³-hybridized carbons (Fsp3) is 0.650. The third-order valence-corrected chi connectivity index (χ3v) is 5.62. The fourth-order valence-electron chi connectivity index (χ4n) is 3.23. The van der Waals surface area contributed by atoms with E-state index in [1.165, 1.54) is 18.6 Å². The van der Waals surface area contributed by atoms with E-state index in [1.54, 1.807) is 0 Å². The van der Waals surface area contributed by atoms with Gasteiger partial charge in [0.2, 0.25) is 0 Å². The molecule has 5 nitrogen and oxygen atoms in total. The first-order valence-corrected chi connectivity index (χ1v) is 11.1. The Morgan fingerprint density at radius 3 is 2.00 bits per heavy atom. The van der Waals surface area contributed by atoms with E-state index in [4.69, 9.17) is 9.66 Å². The second kappa shape index (κ2) is 12.1. The summed E-state index contributed by atoms with van der Waals surface area (Å²) in [4.78, 5) is 10.4. The van der Waals surface area contributed by atoms with Gasteiger partial charge in [-0.15, -0.1) is 0 Å². The van der Waals surface area contributed by atoms with E-state index in [2.05, 4.69) is 6.92 Å². The number of benzene rings is 1. The first-order valence-electron chi connectivity index (χ1n) is 9.63. The van der Waals surface area contributed by atoms with Crippen molar-refractivity contribution in [2.45, 2.75) is 88.4 Å². The number of rotatable bonds is 14. The molecule has 1 rings (SSSR count). The van der Waals surface area contributed by atoms with Crippen molar-refractivity contribution in [3.8, 4) is 0 Å². The van der Waals surface area contributed by atoms with Crippen molar-refractivity contribution >= 4 is 16.1 Å². The molecule has 26 heavy (non-hydrogen) atoms. The molecule has 0 amide bonds. The number of hydrogen-bond acceptors (Lipinski definition) is 3. The summed E-state index contributed by atoms with van der Waals surface area (Å²) in [6, 6.07) is 6.58. The Kier molecular flexibility index (Phi) is 10.5. The summed E-state index contributed by atoms with van der Waals surface area (Å²) in [7, 11) is -4.14. The Hall–Kier alpha value is -1.40. The van der Waals surface area contributed by atoms with Gasteiger partial charge >= 0.3 is 5.97 Å². The lowest BCUT2D eigenvalue weighted by atomic mass is 9.88. The van der Waals surface area contributed by atoms with Crippen LogP contribution in [-0.2, 0) is 14.9 Å². The molecule has 0 aliphatic carbocycles. The van der Waals surface area contributed by atoms with Crippen LogP contribution in [0.2, 0.25) is 0 Å².